The first kappa shape index (κ1) is 8.01. The zero-order valence-electron chi connectivity index (χ0n) is 5.47. The summed E-state index contributed by atoms with van der Waals surface area (Å²) in [6.07, 6.45) is -2.47. The molecule has 0 spiro atoms. The summed E-state index contributed by atoms with van der Waals surface area (Å²) in [6.45, 7) is 0.173. The number of hydrogen-bond acceptors (Lipinski definition) is 4. The third-order valence-electron chi connectivity index (χ3n) is 1.63. The maximum Gasteiger partial charge on any atom is 0.112 e. The summed E-state index contributed by atoms with van der Waals surface area (Å²) in [5.74, 6) is 0. The van der Waals surface area contributed by atoms with Crippen LogP contribution in [0.15, 0.2) is 0 Å². The van der Waals surface area contributed by atoms with Gasteiger partial charge in [0.2, 0.25) is 0 Å². The highest BCUT2D eigenvalue weighted by atomic mass is 16.5. The van der Waals surface area contributed by atoms with Gasteiger partial charge in [-0.15, -0.1) is 0 Å². The maximum absolute atomic E-state index is 9.09. The second-order valence-corrected chi connectivity index (χ2v) is 2.36. The van der Waals surface area contributed by atoms with Crippen molar-refractivity contribution in [1.29, 1.82) is 0 Å². The van der Waals surface area contributed by atoms with Gasteiger partial charge >= 0.3 is 0 Å². The van der Waals surface area contributed by atoms with Crippen LogP contribution in [-0.2, 0) is 4.74 Å². The molecule has 0 aromatic carbocycles. The van der Waals surface area contributed by atoms with E-state index in [0.29, 0.717) is 0 Å². The highest BCUT2D eigenvalue weighted by Gasteiger charge is 2.38. The standard InChI is InChI=1S/C5H10BNO3/c6-5-4(9)3(8)2(1-7)10-5/h2-5,8-9H,1,7H2/t2-,3?,4?,5-/m1/s1. The van der Waals surface area contributed by atoms with E-state index in [9.17, 15) is 0 Å². The highest BCUT2D eigenvalue weighted by Crippen LogP contribution is 2.17. The number of ether oxygens (including phenoxy) is 1. The first-order valence-electron chi connectivity index (χ1n) is 3.14. The molecule has 0 amide bonds. The fraction of sp³-hybridized carbons (Fsp3) is 1.00. The molecule has 0 aromatic heterocycles. The van der Waals surface area contributed by atoms with Crippen LogP contribution in [-0.4, -0.2) is 48.9 Å². The molecule has 5 heteroatoms. The summed E-state index contributed by atoms with van der Waals surface area (Å²) in [5, 5.41) is 18.1. The van der Waals surface area contributed by atoms with Crippen LogP contribution in [0, 0.1) is 0 Å². The van der Waals surface area contributed by atoms with Gasteiger partial charge in [0.15, 0.2) is 0 Å². The topological polar surface area (TPSA) is 75.7 Å². The molecular formula is C5H10BNO3. The lowest BCUT2D eigenvalue weighted by Gasteiger charge is -2.11. The lowest BCUT2D eigenvalue weighted by Crippen LogP contribution is -2.35. The molecule has 2 unspecified atom stereocenters. The molecule has 2 radical (unpaired) electrons. The summed E-state index contributed by atoms with van der Waals surface area (Å²) in [7, 11) is 5.25. The van der Waals surface area contributed by atoms with Crippen LogP contribution in [0.2, 0.25) is 0 Å². The second-order valence-electron chi connectivity index (χ2n) is 2.36. The van der Waals surface area contributed by atoms with Gasteiger partial charge in [-0.1, -0.05) is 0 Å². The van der Waals surface area contributed by atoms with Crippen LogP contribution in [0.4, 0.5) is 0 Å². The van der Waals surface area contributed by atoms with E-state index in [-0.39, 0.29) is 6.54 Å². The largest absolute Gasteiger partial charge is 0.388 e. The molecular weight excluding hydrogens is 133 g/mol. The molecule has 0 saturated carbocycles. The predicted octanol–water partition coefficient (Wildman–Crippen LogP) is -2.44. The molecule has 1 fully saturated rings. The van der Waals surface area contributed by atoms with Crippen LogP contribution < -0.4 is 5.73 Å². The van der Waals surface area contributed by atoms with E-state index in [1.54, 1.807) is 0 Å². The van der Waals surface area contributed by atoms with Gasteiger partial charge in [0, 0.05) is 12.5 Å². The van der Waals surface area contributed by atoms with Crippen molar-refractivity contribution in [2.24, 2.45) is 5.73 Å². The van der Waals surface area contributed by atoms with Gasteiger partial charge < -0.3 is 20.7 Å². The van der Waals surface area contributed by atoms with Crippen molar-refractivity contribution in [2.45, 2.75) is 24.3 Å². The van der Waals surface area contributed by atoms with E-state index in [0.717, 1.165) is 0 Å². The Kier molecular flexibility index (Phi) is 2.30. The van der Waals surface area contributed by atoms with Crippen LogP contribution in [0.5, 0.6) is 0 Å². The number of aliphatic hydroxyl groups is 2. The van der Waals surface area contributed by atoms with E-state index < -0.39 is 24.3 Å². The van der Waals surface area contributed by atoms with Crippen molar-refractivity contribution in [3.05, 3.63) is 0 Å². The minimum atomic E-state index is -1.01. The molecule has 1 aliphatic rings. The van der Waals surface area contributed by atoms with Crippen molar-refractivity contribution in [3.8, 4) is 0 Å². The average molecular weight is 143 g/mol. The molecule has 1 saturated heterocycles. The number of aliphatic hydroxyl groups excluding tert-OH is 2. The summed E-state index contributed by atoms with van der Waals surface area (Å²) >= 11 is 0. The second kappa shape index (κ2) is 2.88. The van der Waals surface area contributed by atoms with Gasteiger partial charge in [-0.3, -0.25) is 0 Å². The fourth-order valence-electron chi connectivity index (χ4n) is 0.972. The normalized spacial score (nSPS) is 47.9. The Labute approximate surface area is 60.4 Å². The highest BCUT2D eigenvalue weighted by molar-refractivity contribution is 6.11. The van der Waals surface area contributed by atoms with Gasteiger partial charge in [-0.2, -0.15) is 0 Å². The van der Waals surface area contributed by atoms with Crippen molar-refractivity contribution >= 4 is 7.85 Å². The van der Waals surface area contributed by atoms with E-state index >= 15 is 0 Å². The smallest absolute Gasteiger partial charge is 0.112 e. The third kappa shape index (κ3) is 1.18. The quantitative estimate of drug-likeness (QED) is 0.356. The van der Waals surface area contributed by atoms with Crippen LogP contribution >= 0.6 is 0 Å². The Morgan fingerprint density at radius 3 is 2.20 bits per heavy atom. The van der Waals surface area contributed by atoms with Gasteiger partial charge in [-0.05, 0) is 0 Å². The summed E-state index contributed by atoms with van der Waals surface area (Å²) in [5.41, 5.74) is 5.20. The molecule has 1 aliphatic heterocycles. The van der Waals surface area contributed by atoms with Crippen molar-refractivity contribution < 1.29 is 14.9 Å². The molecule has 4 nitrogen and oxygen atoms in total. The fourth-order valence-corrected chi connectivity index (χ4v) is 0.972. The summed E-state index contributed by atoms with van der Waals surface area (Å²) in [4.78, 5) is 0. The van der Waals surface area contributed by atoms with Gasteiger partial charge in [0.1, 0.15) is 14.0 Å². The summed E-state index contributed by atoms with van der Waals surface area (Å²) < 4.78 is 4.89. The first-order valence-corrected chi connectivity index (χ1v) is 3.14. The van der Waals surface area contributed by atoms with Crippen molar-refractivity contribution in [1.82, 2.24) is 0 Å². The number of nitrogens with two attached hydrogens (primary N) is 1. The molecule has 10 heavy (non-hydrogen) atoms. The minimum Gasteiger partial charge on any atom is -0.388 e. The molecule has 56 valence electrons. The number of rotatable bonds is 1. The molecule has 0 bridgehead atoms. The van der Waals surface area contributed by atoms with Gasteiger partial charge in [0.05, 0.1) is 12.2 Å². The Hall–Kier alpha value is -0.0951. The zero-order valence-corrected chi connectivity index (χ0v) is 5.47. The van der Waals surface area contributed by atoms with Gasteiger partial charge in [-0.25, -0.2) is 0 Å². The van der Waals surface area contributed by atoms with Crippen LogP contribution in [0.3, 0.4) is 0 Å². The molecule has 4 N–H and O–H groups in total. The third-order valence-corrected chi connectivity index (χ3v) is 1.63. The molecule has 0 aliphatic carbocycles. The predicted molar refractivity (Wildman–Crippen MR) is 35.5 cm³/mol. The molecule has 4 atom stereocenters. The van der Waals surface area contributed by atoms with E-state index in [4.69, 9.17) is 28.5 Å². The van der Waals surface area contributed by atoms with E-state index in [1.165, 1.54) is 0 Å². The average Bonchev–Trinajstić information content (AvgIpc) is 2.17. The maximum atomic E-state index is 9.09. The monoisotopic (exact) mass is 143 g/mol. The zero-order chi connectivity index (χ0) is 7.72. The lowest BCUT2D eigenvalue weighted by atomic mass is 9.93. The van der Waals surface area contributed by atoms with Crippen LogP contribution in [0.1, 0.15) is 0 Å². The molecule has 0 aromatic rings. The van der Waals surface area contributed by atoms with Crippen molar-refractivity contribution in [2.75, 3.05) is 6.54 Å². The van der Waals surface area contributed by atoms with E-state index in [1.807, 2.05) is 0 Å². The molecule has 1 rings (SSSR count). The minimum absolute atomic E-state index is 0.173. The SMILES string of the molecule is [B][C@@H]1O[C@H](CN)C(O)C1O. The molecule has 1 heterocycles. The Morgan fingerprint density at radius 1 is 1.40 bits per heavy atom. The number of hydrogen-bond donors (Lipinski definition) is 3. The lowest BCUT2D eigenvalue weighted by molar-refractivity contribution is 0.0273. The Balaban J connectivity index is 2.53. The van der Waals surface area contributed by atoms with Crippen LogP contribution in [0.25, 0.3) is 0 Å². The summed E-state index contributed by atoms with van der Waals surface area (Å²) in [6, 6.07) is -0.802. The first-order chi connectivity index (χ1) is 4.66. The Morgan fingerprint density at radius 2 is 2.00 bits per heavy atom. The van der Waals surface area contributed by atoms with E-state index in [2.05, 4.69) is 0 Å². The van der Waals surface area contributed by atoms with Gasteiger partial charge in [0.25, 0.3) is 0 Å². The van der Waals surface area contributed by atoms with Crippen molar-refractivity contribution in [3.63, 3.8) is 0 Å². The Bertz CT molecular complexity index is 123.